The average molecular weight is 415 g/mol. The molecule has 3 aromatic rings. The predicted octanol–water partition coefficient (Wildman–Crippen LogP) is 4.20. The summed E-state index contributed by atoms with van der Waals surface area (Å²) in [4.78, 5) is 24.3. The lowest BCUT2D eigenvalue weighted by Crippen LogP contribution is -2.26. The fourth-order valence-electron chi connectivity index (χ4n) is 2.71. The number of aromatic nitrogens is 2. The monoisotopic (exact) mass is 414 g/mol. The van der Waals surface area contributed by atoms with Gasteiger partial charge in [-0.15, -0.1) is 10.2 Å². The van der Waals surface area contributed by atoms with E-state index in [0.717, 1.165) is 11.1 Å². The fourth-order valence-corrected chi connectivity index (χ4v) is 2.89. The summed E-state index contributed by atoms with van der Waals surface area (Å²) in [6.45, 7) is 2.16. The highest BCUT2D eigenvalue weighted by atomic mass is 35.5. The first-order valence-corrected chi connectivity index (χ1v) is 9.27. The van der Waals surface area contributed by atoms with Crippen LogP contribution >= 0.6 is 11.6 Å². The number of nitro groups is 1. The van der Waals surface area contributed by atoms with E-state index in [1.807, 2.05) is 31.2 Å². The van der Waals surface area contributed by atoms with Gasteiger partial charge in [-0.1, -0.05) is 29.3 Å². The molecule has 9 heteroatoms. The van der Waals surface area contributed by atoms with Crippen LogP contribution in [0.15, 0.2) is 46.9 Å². The minimum Gasteiger partial charge on any atom is -0.421 e. The Kier molecular flexibility index (Phi) is 6.23. The molecule has 0 spiro atoms. The van der Waals surface area contributed by atoms with E-state index in [4.69, 9.17) is 16.0 Å². The summed E-state index contributed by atoms with van der Waals surface area (Å²) in [5, 5.41) is 19.3. The van der Waals surface area contributed by atoms with Crippen LogP contribution in [0.4, 0.5) is 5.69 Å². The van der Waals surface area contributed by atoms with Crippen LogP contribution in [-0.2, 0) is 17.8 Å². The van der Waals surface area contributed by atoms with Gasteiger partial charge in [-0.3, -0.25) is 14.9 Å². The van der Waals surface area contributed by atoms with Crippen LogP contribution in [0, 0.1) is 17.0 Å². The Bertz CT molecular complexity index is 1030. The normalized spacial score (nSPS) is 10.7. The maximum atomic E-state index is 12.4. The molecular weight excluding hydrogens is 396 g/mol. The molecule has 0 fully saturated rings. The molecular formula is C20H19ClN4O4. The fraction of sp³-hybridized carbons (Fsp3) is 0.250. The summed E-state index contributed by atoms with van der Waals surface area (Å²) in [6, 6.07) is 11.9. The van der Waals surface area contributed by atoms with Gasteiger partial charge in [-0.25, -0.2) is 0 Å². The highest BCUT2D eigenvalue weighted by molar-refractivity contribution is 6.31. The molecule has 0 atom stereocenters. The molecule has 1 heterocycles. The highest BCUT2D eigenvalue weighted by Crippen LogP contribution is 2.23. The predicted molar refractivity (Wildman–Crippen MR) is 107 cm³/mol. The number of halogens is 1. The second-order valence-electron chi connectivity index (χ2n) is 6.65. The maximum absolute atomic E-state index is 12.4. The quantitative estimate of drug-likeness (QED) is 0.424. The Labute approximate surface area is 172 Å². The van der Waals surface area contributed by atoms with Crippen LogP contribution in [0.2, 0.25) is 5.02 Å². The van der Waals surface area contributed by atoms with E-state index in [-0.39, 0.29) is 24.6 Å². The molecule has 1 amide bonds. The Hall–Kier alpha value is -3.26. The highest BCUT2D eigenvalue weighted by Gasteiger charge is 2.16. The van der Waals surface area contributed by atoms with Gasteiger partial charge in [0, 0.05) is 49.2 Å². The van der Waals surface area contributed by atoms with E-state index in [0.29, 0.717) is 28.8 Å². The van der Waals surface area contributed by atoms with Gasteiger partial charge in [0.25, 0.3) is 5.69 Å². The molecule has 0 saturated heterocycles. The number of non-ortho nitro benzene ring substituents is 1. The van der Waals surface area contributed by atoms with Crippen molar-refractivity contribution in [3.05, 3.63) is 74.6 Å². The lowest BCUT2D eigenvalue weighted by Gasteiger charge is -2.17. The molecule has 0 unspecified atom stereocenters. The van der Waals surface area contributed by atoms with Crippen LogP contribution in [0.1, 0.15) is 23.4 Å². The van der Waals surface area contributed by atoms with Gasteiger partial charge in [-0.05, 0) is 30.7 Å². The number of benzene rings is 2. The summed E-state index contributed by atoms with van der Waals surface area (Å²) < 4.78 is 5.63. The second-order valence-corrected chi connectivity index (χ2v) is 7.06. The molecule has 0 aliphatic carbocycles. The van der Waals surface area contributed by atoms with Gasteiger partial charge < -0.3 is 9.32 Å². The number of nitro benzene ring substituents is 1. The van der Waals surface area contributed by atoms with E-state index < -0.39 is 4.92 Å². The molecule has 3 rings (SSSR count). The lowest BCUT2D eigenvalue weighted by atomic mass is 10.1. The van der Waals surface area contributed by atoms with Crippen molar-refractivity contribution < 1.29 is 14.1 Å². The van der Waals surface area contributed by atoms with Crippen LogP contribution < -0.4 is 0 Å². The number of hydrogen-bond donors (Lipinski definition) is 0. The number of carbonyl (C=O) groups excluding carboxylic acids is 1. The molecule has 1 aromatic heterocycles. The van der Waals surface area contributed by atoms with Gasteiger partial charge in [0.2, 0.25) is 17.7 Å². The molecule has 150 valence electrons. The Balaban J connectivity index is 1.59. The summed E-state index contributed by atoms with van der Waals surface area (Å²) in [7, 11) is 1.61. The van der Waals surface area contributed by atoms with Crippen molar-refractivity contribution in [3.63, 3.8) is 0 Å². The smallest absolute Gasteiger partial charge is 0.269 e. The third-order valence-electron chi connectivity index (χ3n) is 4.39. The van der Waals surface area contributed by atoms with Gasteiger partial charge in [-0.2, -0.15) is 0 Å². The lowest BCUT2D eigenvalue weighted by molar-refractivity contribution is -0.384. The minimum atomic E-state index is -0.497. The SMILES string of the molecule is Cc1ccc(-c2nnc(CCC(=O)N(C)Cc3cc([N+](=O)[O-])ccc3Cl)o2)cc1. The van der Waals surface area contributed by atoms with Crippen molar-refractivity contribution in [1.82, 2.24) is 15.1 Å². The van der Waals surface area contributed by atoms with Crippen LogP contribution in [0.5, 0.6) is 0 Å². The molecule has 8 nitrogen and oxygen atoms in total. The zero-order valence-electron chi connectivity index (χ0n) is 16.0. The molecule has 0 saturated carbocycles. The van der Waals surface area contributed by atoms with E-state index in [1.54, 1.807) is 7.05 Å². The molecule has 0 radical (unpaired) electrons. The molecule has 0 aliphatic rings. The van der Waals surface area contributed by atoms with E-state index >= 15 is 0 Å². The number of carbonyl (C=O) groups is 1. The number of amides is 1. The molecule has 0 aliphatic heterocycles. The van der Waals surface area contributed by atoms with Crippen molar-refractivity contribution in [2.45, 2.75) is 26.3 Å². The molecule has 0 N–H and O–H groups in total. The second kappa shape index (κ2) is 8.83. The zero-order valence-corrected chi connectivity index (χ0v) is 16.7. The summed E-state index contributed by atoms with van der Waals surface area (Å²) >= 11 is 6.10. The van der Waals surface area contributed by atoms with Crippen LogP contribution in [0.3, 0.4) is 0 Å². The van der Waals surface area contributed by atoms with Crippen molar-refractivity contribution in [1.29, 1.82) is 0 Å². The topological polar surface area (TPSA) is 102 Å². The Morgan fingerprint density at radius 1 is 1.21 bits per heavy atom. The first-order valence-electron chi connectivity index (χ1n) is 8.89. The van der Waals surface area contributed by atoms with Crippen molar-refractivity contribution >= 4 is 23.2 Å². The van der Waals surface area contributed by atoms with Gasteiger partial charge in [0.05, 0.1) is 4.92 Å². The number of aryl methyl sites for hydroxylation is 2. The average Bonchev–Trinajstić information content (AvgIpc) is 3.17. The van der Waals surface area contributed by atoms with Crippen LogP contribution in [0.25, 0.3) is 11.5 Å². The first-order chi connectivity index (χ1) is 13.8. The Morgan fingerprint density at radius 3 is 2.62 bits per heavy atom. The van der Waals surface area contributed by atoms with Crippen molar-refractivity contribution in [2.75, 3.05) is 7.05 Å². The minimum absolute atomic E-state index is 0.0697. The van der Waals surface area contributed by atoms with Gasteiger partial charge in [0.15, 0.2) is 0 Å². The zero-order chi connectivity index (χ0) is 21.0. The summed E-state index contributed by atoms with van der Waals surface area (Å²) in [5.74, 6) is 0.613. The van der Waals surface area contributed by atoms with Crippen molar-refractivity contribution in [3.8, 4) is 11.5 Å². The number of hydrogen-bond acceptors (Lipinski definition) is 6. The number of nitrogens with zero attached hydrogens (tertiary/aromatic N) is 4. The largest absolute Gasteiger partial charge is 0.421 e. The van der Waals surface area contributed by atoms with Gasteiger partial charge in [0.1, 0.15) is 0 Å². The Morgan fingerprint density at radius 2 is 1.93 bits per heavy atom. The van der Waals surface area contributed by atoms with E-state index in [9.17, 15) is 14.9 Å². The van der Waals surface area contributed by atoms with E-state index in [2.05, 4.69) is 10.2 Å². The third-order valence-corrected chi connectivity index (χ3v) is 4.76. The number of rotatable bonds is 7. The molecule has 2 aromatic carbocycles. The maximum Gasteiger partial charge on any atom is 0.269 e. The van der Waals surface area contributed by atoms with Crippen molar-refractivity contribution in [2.24, 2.45) is 0 Å². The van der Waals surface area contributed by atoms with Gasteiger partial charge >= 0.3 is 0 Å². The third kappa shape index (κ3) is 5.17. The summed E-state index contributed by atoms with van der Waals surface area (Å²) in [5.41, 5.74) is 2.39. The molecule has 29 heavy (non-hydrogen) atoms. The van der Waals surface area contributed by atoms with Crippen LogP contribution in [-0.4, -0.2) is 33.0 Å². The van der Waals surface area contributed by atoms with E-state index in [1.165, 1.54) is 23.1 Å². The summed E-state index contributed by atoms with van der Waals surface area (Å²) in [6.07, 6.45) is 0.462. The standard InChI is InChI=1S/C20H19ClN4O4/c1-13-3-5-14(6-4-13)20-23-22-18(29-20)9-10-19(26)24(2)12-15-11-16(25(27)28)7-8-17(15)21/h3-8,11H,9-10,12H2,1-2H3. The first kappa shape index (κ1) is 20.5. The molecule has 0 bridgehead atoms.